The first-order valence-electron chi connectivity index (χ1n) is 7.30. The summed E-state index contributed by atoms with van der Waals surface area (Å²) in [4.78, 5) is 41.9. The average molecular weight is 500 g/mol. The molecule has 0 spiro atoms. The van der Waals surface area contributed by atoms with Gasteiger partial charge >= 0.3 is 6.03 Å². The predicted octanol–water partition coefficient (Wildman–Crippen LogP) is 4.47. The van der Waals surface area contributed by atoms with Crippen LogP contribution in [0.25, 0.3) is 0 Å². The summed E-state index contributed by atoms with van der Waals surface area (Å²) in [5, 5.41) is 2.53. The molecule has 132 valence electrons. The lowest BCUT2D eigenvalue weighted by Crippen LogP contribution is -2.58. The van der Waals surface area contributed by atoms with Crippen LogP contribution in [0.1, 0.15) is 0 Å². The molecule has 1 N–H and O–H groups in total. The van der Waals surface area contributed by atoms with Crippen LogP contribution in [0.5, 0.6) is 0 Å². The van der Waals surface area contributed by atoms with Crippen LogP contribution in [0.15, 0.2) is 56.4 Å². The van der Waals surface area contributed by atoms with E-state index in [9.17, 15) is 14.4 Å². The summed E-state index contributed by atoms with van der Waals surface area (Å²) in [6.07, 6.45) is 1.19. The molecule has 1 fully saturated rings. The molecular weight excluding hydrogens is 489 g/mol. The molecule has 4 amide bonds. The van der Waals surface area contributed by atoms with Gasteiger partial charge in [0, 0.05) is 15.2 Å². The van der Waals surface area contributed by atoms with E-state index in [4.69, 9.17) is 11.6 Å². The minimum absolute atomic E-state index is 0.350. The first-order chi connectivity index (χ1) is 12.4. The van der Waals surface area contributed by atoms with Crippen LogP contribution >= 0.6 is 43.5 Å². The van der Waals surface area contributed by atoms with Gasteiger partial charge in [0.1, 0.15) is 0 Å². The van der Waals surface area contributed by atoms with Crippen molar-refractivity contribution in [3.8, 4) is 0 Å². The number of nitrogens with one attached hydrogen (secondary N) is 1. The molecule has 26 heavy (non-hydrogen) atoms. The lowest BCUT2D eigenvalue weighted by atomic mass is 10.1. The Bertz CT molecular complexity index is 931. The molecule has 0 saturated carbocycles. The molecule has 9 heteroatoms. The van der Waals surface area contributed by atoms with E-state index in [0.29, 0.717) is 16.4 Å². The molecule has 0 aliphatic carbocycles. The Balaban J connectivity index is 1.90. The number of carbonyl (C=O) groups excluding carboxylic acids is 3. The fourth-order valence-electron chi connectivity index (χ4n) is 2.30. The smallest absolute Gasteiger partial charge is 0.276 e. The summed E-state index contributed by atoms with van der Waals surface area (Å²) in [5.41, 5.74) is 0.755. The topological polar surface area (TPSA) is 78.8 Å². The van der Waals surface area contributed by atoms with Gasteiger partial charge in [0.15, 0.2) is 5.92 Å². The monoisotopic (exact) mass is 497 g/mol. The molecule has 1 aliphatic heterocycles. The zero-order valence-corrected chi connectivity index (χ0v) is 16.9. The second-order valence-electron chi connectivity index (χ2n) is 5.30. The SMILES string of the molecule is O=C1NC(=O)N(c2ccc(Br)cc2)C(=O)[C@H]1C=Nc1ccc(Br)cc1Cl. The molecule has 1 aliphatic rings. The minimum Gasteiger partial charge on any atom is -0.276 e. The number of halogens is 3. The fraction of sp³-hybridized carbons (Fsp3) is 0.0588. The van der Waals surface area contributed by atoms with Crippen LogP contribution in [0.3, 0.4) is 0 Å². The van der Waals surface area contributed by atoms with Gasteiger partial charge in [0.25, 0.3) is 5.91 Å². The molecule has 1 atom stereocenters. The molecule has 0 bridgehead atoms. The van der Waals surface area contributed by atoms with Gasteiger partial charge < -0.3 is 0 Å². The van der Waals surface area contributed by atoms with Crippen molar-refractivity contribution in [2.75, 3.05) is 4.90 Å². The van der Waals surface area contributed by atoms with Crippen molar-refractivity contribution in [3.05, 3.63) is 56.4 Å². The van der Waals surface area contributed by atoms with E-state index in [1.54, 1.807) is 42.5 Å². The molecule has 1 heterocycles. The third-order valence-corrected chi connectivity index (χ3v) is 4.88. The zero-order valence-electron chi connectivity index (χ0n) is 12.9. The first-order valence-corrected chi connectivity index (χ1v) is 9.27. The fourth-order valence-corrected chi connectivity index (χ4v) is 3.28. The second-order valence-corrected chi connectivity index (χ2v) is 7.53. The van der Waals surface area contributed by atoms with E-state index < -0.39 is 23.8 Å². The highest BCUT2D eigenvalue weighted by molar-refractivity contribution is 9.10. The molecule has 3 rings (SSSR count). The molecule has 2 aromatic carbocycles. The maximum Gasteiger partial charge on any atom is 0.335 e. The third kappa shape index (κ3) is 3.87. The van der Waals surface area contributed by atoms with Crippen LogP contribution in [-0.2, 0) is 9.59 Å². The number of urea groups is 1. The van der Waals surface area contributed by atoms with Gasteiger partial charge in [-0.1, -0.05) is 43.5 Å². The van der Waals surface area contributed by atoms with E-state index in [-0.39, 0.29) is 0 Å². The number of imide groups is 2. The Morgan fingerprint density at radius 2 is 1.69 bits per heavy atom. The number of rotatable bonds is 3. The number of amides is 4. The van der Waals surface area contributed by atoms with Crippen molar-refractivity contribution in [1.82, 2.24) is 5.32 Å². The Morgan fingerprint density at radius 3 is 2.35 bits per heavy atom. The highest BCUT2D eigenvalue weighted by Crippen LogP contribution is 2.28. The number of carbonyl (C=O) groups is 3. The number of benzene rings is 2. The lowest BCUT2D eigenvalue weighted by Gasteiger charge is -2.28. The van der Waals surface area contributed by atoms with Gasteiger partial charge in [0.2, 0.25) is 5.91 Å². The van der Waals surface area contributed by atoms with Crippen LogP contribution in [0.2, 0.25) is 5.02 Å². The van der Waals surface area contributed by atoms with Crippen molar-refractivity contribution in [2.45, 2.75) is 0 Å². The molecule has 0 aromatic heterocycles. The average Bonchev–Trinajstić information content (AvgIpc) is 2.57. The molecule has 1 saturated heterocycles. The van der Waals surface area contributed by atoms with Crippen molar-refractivity contribution < 1.29 is 14.4 Å². The molecule has 6 nitrogen and oxygen atoms in total. The first kappa shape index (κ1) is 18.8. The Hall–Kier alpha value is -2.03. The third-order valence-electron chi connectivity index (χ3n) is 3.56. The number of nitrogens with zero attached hydrogens (tertiary/aromatic N) is 2. The van der Waals surface area contributed by atoms with E-state index >= 15 is 0 Å². The van der Waals surface area contributed by atoms with Crippen molar-refractivity contribution in [3.63, 3.8) is 0 Å². The summed E-state index contributed by atoms with van der Waals surface area (Å²) in [7, 11) is 0. The van der Waals surface area contributed by atoms with Crippen LogP contribution in [0.4, 0.5) is 16.2 Å². The quantitative estimate of drug-likeness (QED) is 0.500. The summed E-state index contributed by atoms with van der Waals surface area (Å²) < 4.78 is 1.57. The maximum atomic E-state index is 12.7. The summed E-state index contributed by atoms with van der Waals surface area (Å²) in [6, 6.07) is 10.8. The molecular formula is C17H10Br2ClN3O3. The van der Waals surface area contributed by atoms with Crippen LogP contribution in [0, 0.1) is 5.92 Å². The number of anilines is 1. The van der Waals surface area contributed by atoms with Gasteiger partial charge in [-0.05, 0) is 42.5 Å². The predicted molar refractivity (Wildman–Crippen MR) is 106 cm³/mol. The normalized spacial score (nSPS) is 17.7. The minimum atomic E-state index is -1.24. The number of aliphatic imine (C=N–C) groups is 1. The van der Waals surface area contributed by atoms with Crippen molar-refractivity contribution in [1.29, 1.82) is 0 Å². The maximum absolute atomic E-state index is 12.7. The Morgan fingerprint density at radius 1 is 1.04 bits per heavy atom. The van der Waals surface area contributed by atoms with Crippen LogP contribution < -0.4 is 10.2 Å². The summed E-state index contributed by atoms with van der Waals surface area (Å²) in [6.45, 7) is 0. The van der Waals surface area contributed by atoms with Crippen molar-refractivity contribution in [2.24, 2.45) is 10.9 Å². The molecule has 0 radical (unpaired) electrons. The lowest BCUT2D eigenvalue weighted by molar-refractivity contribution is -0.131. The van der Waals surface area contributed by atoms with E-state index in [1.165, 1.54) is 6.21 Å². The summed E-state index contributed by atoms with van der Waals surface area (Å²) in [5.74, 6) is -2.65. The number of hydrogen-bond donors (Lipinski definition) is 1. The van der Waals surface area contributed by atoms with Crippen LogP contribution in [-0.4, -0.2) is 24.1 Å². The van der Waals surface area contributed by atoms with Crippen molar-refractivity contribution >= 4 is 78.9 Å². The number of hydrogen-bond acceptors (Lipinski definition) is 4. The molecule has 2 aromatic rings. The van der Waals surface area contributed by atoms with E-state index in [1.807, 2.05) is 0 Å². The second kappa shape index (κ2) is 7.69. The van der Waals surface area contributed by atoms with Gasteiger partial charge in [-0.3, -0.25) is 19.9 Å². The summed E-state index contributed by atoms with van der Waals surface area (Å²) >= 11 is 12.7. The van der Waals surface area contributed by atoms with Gasteiger partial charge in [-0.2, -0.15) is 0 Å². The van der Waals surface area contributed by atoms with E-state index in [0.717, 1.165) is 13.8 Å². The Labute approximate surface area is 170 Å². The van der Waals surface area contributed by atoms with Gasteiger partial charge in [0.05, 0.1) is 16.4 Å². The zero-order chi connectivity index (χ0) is 18.8. The van der Waals surface area contributed by atoms with E-state index in [2.05, 4.69) is 42.2 Å². The highest BCUT2D eigenvalue weighted by Gasteiger charge is 2.40. The standard InChI is InChI=1S/C17H10Br2ClN3O3/c18-9-1-4-11(5-2-9)23-16(25)12(15(24)22-17(23)26)8-21-14-6-3-10(19)7-13(14)20/h1-8,12H,(H,22,24,26)/t12-/m0/s1. The highest BCUT2D eigenvalue weighted by atomic mass is 79.9. The van der Waals surface area contributed by atoms with Gasteiger partial charge in [-0.25, -0.2) is 9.69 Å². The Kier molecular flexibility index (Phi) is 5.55. The number of barbiturate groups is 1. The van der Waals surface area contributed by atoms with Gasteiger partial charge in [-0.15, -0.1) is 0 Å². The largest absolute Gasteiger partial charge is 0.335 e. The molecule has 0 unspecified atom stereocenters.